The van der Waals surface area contributed by atoms with Gasteiger partial charge in [-0.1, -0.05) is 6.07 Å². The highest BCUT2D eigenvalue weighted by atomic mass is 19.1. The topological polar surface area (TPSA) is 92.1 Å². The van der Waals surface area contributed by atoms with Gasteiger partial charge in [0.1, 0.15) is 29.1 Å². The predicted octanol–water partition coefficient (Wildman–Crippen LogP) is 5.10. The van der Waals surface area contributed by atoms with Gasteiger partial charge in [-0.3, -0.25) is 0 Å². The van der Waals surface area contributed by atoms with Crippen molar-refractivity contribution in [2.45, 2.75) is 52.6 Å². The highest BCUT2D eigenvalue weighted by Crippen LogP contribution is 2.32. The minimum absolute atomic E-state index is 0.0113. The van der Waals surface area contributed by atoms with E-state index < -0.39 is 11.6 Å². The second kappa shape index (κ2) is 12.4. The van der Waals surface area contributed by atoms with Crippen LogP contribution in [0.3, 0.4) is 0 Å². The molecule has 0 spiro atoms. The third-order valence-corrected chi connectivity index (χ3v) is 6.74. The smallest absolute Gasteiger partial charge is 0.229 e. The quantitative estimate of drug-likeness (QED) is 0.324. The summed E-state index contributed by atoms with van der Waals surface area (Å²) >= 11 is 0. The van der Waals surface area contributed by atoms with E-state index in [1.807, 2.05) is 63.4 Å². The number of likely N-dealkylation sites (N-methyl/N-ethyl adjacent to an activating group) is 1. The Morgan fingerprint density at radius 3 is 2.51 bits per heavy atom. The number of anilines is 2. The average Bonchev–Trinajstić information content (AvgIpc) is 3.26. The maximum Gasteiger partial charge on any atom is 0.229 e. The van der Waals surface area contributed by atoms with Crippen LogP contribution in [0.5, 0.6) is 0 Å². The van der Waals surface area contributed by atoms with Gasteiger partial charge in [0.15, 0.2) is 11.6 Å². The number of hydrogen-bond acceptors (Lipinski definition) is 8. The van der Waals surface area contributed by atoms with E-state index in [-0.39, 0.29) is 22.7 Å². The molecular weight excluding hydrogens is 526 g/mol. The van der Waals surface area contributed by atoms with E-state index in [1.54, 1.807) is 6.07 Å². The molecule has 1 N–H and O–H groups in total. The van der Waals surface area contributed by atoms with Crippen molar-refractivity contribution in [1.29, 1.82) is 0 Å². The standard InChI is InChI=1S/C25H27F2N7.C5H11NO/c1-14-29-23-17(26)10-16(11-20(23)34(14)25(2,3)4)22-18(27)12-28-24(32-22)31-21-7-6-15-13-33(5)9-8-19(15)30-21;1-6(2)4-3-5-7/h6-7,10-12H,8-9,13H2,1-5H3,(H,28,30,31,32);5H,3-4H2,1-2H3. The Balaban J connectivity index is 0.000000493. The second-order valence-corrected chi connectivity index (χ2v) is 11.6. The first-order chi connectivity index (χ1) is 19.4. The van der Waals surface area contributed by atoms with Gasteiger partial charge in [-0.05, 0) is 72.6 Å². The highest BCUT2D eigenvalue weighted by Gasteiger charge is 2.23. The number of aldehydes is 1. The monoisotopic (exact) mass is 564 g/mol. The fourth-order valence-corrected chi connectivity index (χ4v) is 4.92. The van der Waals surface area contributed by atoms with Crippen molar-refractivity contribution in [3.05, 3.63) is 59.2 Å². The van der Waals surface area contributed by atoms with Gasteiger partial charge in [0.2, 0.25) is 5.95 Å². The molecule has 4 aromatic rings. The number of aromatic nitrogens is 5. The maximum absolute atomic E-state index is 15.0. The molecule has 0 amide bonds. The fourth-order valence-electron chi connectivity index (χ4n) is 4.92. The lowest BCUT2D eigenvalue weighted by atomic mass is 10.1. The van der Waals surface area contributed by atoms with E-state index in [9.17, 15) is 9.18 Å². The number of carbonyl (C=O) groups excluding carboxylic acids is 1. The van der Waals surface area contributed by atoms with E-state index in [4.69, 9.17) is 0 Å². The van der Waals surface area contributed by atoms with Crippen LogP contribution < -0.4 is 5.32 Å². The van der Waals surface area contributed by atoms with Crippen LogP contribution in [0.15, 0.2) is 30.5 Å². The van der Waals surface area contributed by atoms with Gasteiger partial charge in [-0.2, -0.15) is 0 Å². The first-order valence-corrected chi connectivity index (χ1v) is 13.6. The molecule has 0 bridgehead atoms. The molecule has 41 heavy (non-hydrogen) atoms. The normalized spacial score (nSPS) is 13.6. The Hall–Kier alpha value is -3.83. The van der Waals surface area contributed by atoms with Crippen molar-refractivity contribution in [3.8, 4) is 11.3 Å². The lowest BCUT2D eigenvalue weighted by Gasteiger charge is -2.24. The number of pyridine rings is 1. The molecule has 1 aromatic carbocycles. The predicted molar refractivity (Wildman–Crippen MR) is 157 cm³/mol. The van der Waals surface area contributed by atoms with E-state index in [1.165, 1.54) is 11.6 Å². The zero-order valence-corrected chi connectivity index (χ0v) is 24.8. The van der Waals surface area contributed by atoms with Gasteiger partial charge in [0.05, 0.1) is 11.7 Å². The number of aryl methyl sites for hydroxylation is 1. The molecule has 3 aromatic heterocycles. The van der Waals surface area contributed by atoms with Crippen molar-refractivity contribution in [1.82, 2.24) is 34.3 Å². The SMILES string of the molecule is CN(C)CCC=O.Cc1nc2c(F)cc(-c3nc(Nc4ccc5c(n4)CCN(C)C5)ncc3F)cc2n1C(C)(C)C. The zero-order valence-electron chi connectivity index (χ0n) is 24.8. The third-order valence-electron chi connectivity index (χ3n) is 6.74. The van der Waals surface area contributed by atoms with Gasteiger partial charge < -0.3 is 24.5 Å². The summed E-state index contributed by atoms with van der Waals surface area (Å²) in [6.45, 7) is 10.6. The van der Waals surface area contributed by atoms with E-state index in [0.29, 0.717) is 29.1 Å². The van der Waals surface area contributed by atoms with E-state index in [2.05, 4.69) is 37.2 Å². The molecule has 0 saturated heterocycles. The number of benzene rings is 1. The summed E-state index contributed by atoms with van der Waals surface area (Å²) in [6, 6.07) is 6.89. The Kier molecular flexibility index (Phi) is 9.08. The van der Waals surface area contributed by atoms with Gasteiger partial charge in [-0.25, -0.2) is 28.7 Å². The molecule has 0 saturated carbocycles. The average molecular weight is 565 g/mol. The van der Waals surface area contributed by atoms with E-state index in [0.717, 1.165) is 44.2 Å². The van der Waals surface area contributed by atoms with Crippen molar-refractivity contribution >= 4 is 29.1 Å². The molecule has 0 unspecified atom stereocenters. The summed E-state index contributed by atoms with van der Waals surface area (Å²) in [6.07, 6.45) is 3.52. The molecule has 5 rings (SSSR count). The number of fused-ring (bicyclic) bond motifs is 2. The van der Waals surface area contributed by atoms with Gasteiger partial charge in [0.25, 0.3) is 0 Å². The molecule has 0 fully saturated rings. The summed E-state index contributed by atoms with van der Waals surface area (Å²) < 4.78 is 31.8. The Morgan fingerprint density at radius 1 is 1.10 bits per heavy atom. The van der Waals surface area contributed by atoms with Crippen LogP contribution in [0.1, 0.15) is 44.3 Å². The van der Waals surface area contributed by atoms with Crippen LogP contribution in [0.2, 0.25) is 0 Å². The van der Waals surface area contributed by atoms with Gasteiger partial charge >= 0.3 is 0 Å². The highest BCUT2D eigenvalue weighted by molar-refractivity contribution is 5.83. The number of halogens is 2. The molecule has 9 nitrogen and oxygen atoms in total. The lowest BCUT2D eigenvalue weighted by Crippen LogP contribution is -2.27. The van der Waals surface area contributed by atoms with E-state index >= 15 is 4.39 Å². The minimum atomic E-state index is -0.635. The molecule has 4 heterocycles. The summed E-state index contributed by atoms with van der Waals surface area (Å²) in [5.41, 5.74) is 3.07. The largest absolute Gasteiger partial charge is 0.323 e. The molecule has 1 aliphatic heterocycles. The number of nitrogens with zero attached hydrogens (tertiary/aromatic N) is 7. The van der Waals surface area contributed by atoms with Gasteiger partial charge in [-0.15, -0.1) is 0 Å². The van der Waals surface area contributed by atoms with Crippen LogP contribution in [0.25, 0.3) is 22.3 Å². The number of nitrogens with one attached hydrogen (secondary N) is 1. The van der Waals surface area contributed by atoms with Crippen molar-refractivity contribution in [2.75, 3.05) is 39.5 Å². The lowest BCUT2D eigenvalue weighted by molar-refractivity contribution is -0.108. The van der Waals surface area contributed by atoms with Crippen LogP contribution in [0, 0.1) is 18.6 Å². The molecule has 0 aliphatic carbocycles. The van der Waals surface area contributed by atoms with Crippen LogP contribution in [-0.4, -0.2) is 74.8 Å². The minimum Gasteiger partial charge on any atom is -0.323 e. The Bertz CT molecular complexity index is 1540. The van der Waals surface area contributed by atoms with Crippen LogP contribution in [-0.2, 0) is 23.3 Å². The number of rotatable bonds is 6. The molecular formula is C30H38F2N8O. The fraction of sp³-hybridized carbons (Fsp3) is 0.433. The molecule has 0 radical (unpaired) electrons. The van der Waals surface area contributed by atoms with Gasteiger partial charge in [0, 0.05) is 49.3 Å². The number of carbonyl (C=O) groups is 1. The first kappa shape index (κ1) is 30.1. The molecule has 218 valence electrons. The summed E-state index contributed by atoms with van der Waals surface area (Å²) in [7, 11) is 5.98. The molecule has 1 aliphatic rings. The van der Waals surface area contributed by atoms with Crippen LogP contribution >= 0.6 is 0 Å². The number of hydrogen-bond donors (Lipinski definition) is 1. The summed E-state index contributed by atoms with van der Waals surface area (Å²) in [5, 5.41) is 3.07. The maximum atomic E-state index is 15.0. The Morgan fingerprint density at radius 2 is 1.85 bits per heavy atom. The summed E-state index contributed by atoms with van der Waals surface area (Å²) in [5.74, 6) is 0.312. The third kappa shape index (κ3) is 7.09. The Labute approximate surface area is 239 Å². The molecule has 0 atom stereocenters. The first-order valence-electron chi connectivity index (χ1n) is 13.6. The second-order valence-electron chi connectivity index (χ2n) is 11.6. The van der Waals surface area contributed by atoms with Crippen molar-refractivity contribution in [2.24, 2.45) is 0 Å². The van der Waals surface area contributed by atoms with Crippen LogP contribution in [0.4, 0.5) is 20.5 Å². The summed E-state index contributed by atoms with van der Waals surface area (Å²) in [4.78, 5) is 31.4. The van der Waals surface area contributed by atoms with Crippen molar-refractivity contribution < 1.29 is 13.6 Å². The zero-order chi connectivity index (χ0) is 29.9. The molecule has 11 heteroatoms. The number of imidazole rings is 1. The van der Waals surface area contributed by atoms with Crippen molar-refractivity contribution in [3.63, 3.8) is 0 Å².